The maximum Gasteiger partial charge on any atom is 0.417 e. The Morgan fingerprint density at radius 2 is 1.97 bits per heavy atom. The van der Waals surface area contributed by atoms with Crippen molar-refractivity contribution in [1.82, 2.24) is 19.3 Å². The van der Waals surface area contributed by atoms with Gasteiger partial charge in [0.25, 0.3) is 0 Å². The molecule has 0 amide bonds. The van der Waals surface area contributed by atoms with Crippen LogP contribution in [0.15, 0.2) is 47.6 Å². The Hall–Kier alpha value is -2.52. The van der Waals surface area contributed by atoms with Gasteiger partial charge < -0.3 is 9.88 Å². The van der Waals surface area contributed by atoms with Gasteiger partial charge in [0.1, 0.15) is 11.6 Å². The van der Waals surface area contributed by atoms with Crippen molar-refractivity contribution in [2.45, 2.75) is 37.9 Å². The number of halogens is 3. The number of aromatic nitrogens is 3. The summed E-state index contributed by atoms with van der Waals surface area (Å²) in [6, 6.07) is 8.19. The molecule has 0 unspecified atom stereocenters. The van der Waals surface area contributed by atoms with Crippen molar-refractivity contribution in [2.75, 3.05) is 12.4 Å². The van der Waals surface area contributed by atoms with Crippen LogP contribution in [-0.2, 0) is 19.1 Å². The van der Waals surface area contributed by atoms with Gasteiger partial charge in [-0.05, 0) is 54.7 Å². The Balaban J connectivity index is 1.67. The molecule has 0 radical (unpaired) electrons. The molecule has 3 heterocycles. The highest BCUT2D eigenvalue weighted by Crippen LogP contribution is 2.37. The molecule has 1 aliphatic heterocycles. The SMILES string of the molecule is CNSc1ccc(Nc2ccc(C(F)(F)F)cn2)c(-c2cn3c(n2)CC(C)(C)C3)c1. The number of imidazole rings is 1. The molecule has 3 aromatic rings. The van der Waals surface area contributed by atoms with Gasteiger partial charge in [-0.1, -0.05) is 13.8 Å². The molecule has 1 aliphatic rings. The van der Waals surface area contributed by atoms with Gasteiger partial charge in [-0.15, -0.1) is 0 Å². The minimum atomic E-state index is -4.41. The van der Waals surface area contributed by atoms with Crippen LogP contribution >= 0.6 is 11.9 Å². The molecule has 0 spiro atoms. The van der Waals surface area contributed by atoms with Crippen molar-refractivity contribution in [3.8, 4) is 11.3 Å². The Morgan fingerprint density at radius 1 is 1.17 bits per heavy atom. The molecule has 2 N–H and O–H groups in total. The lowest BCUT2D eigenvalue weighted by Crippen LogP contribution is -2.12. The van der Waals surface area contributed by atoms with E-state index in [0.29, 0.717) is 5.82 Å². The molecule has 1 aromatic carbocycles. The van der Waals surface area contributed by atoms with Crippen LogP contribution in [0.2, 0.25) is 0 Å². The lowest BCUT2D eigenvalue weighted by Gasteiger charge is -2.15. The number of nitrogens with zero attached hydrogens (tertiary/aromatic N) is 3. The van der Waals surface area contributed by atoms with Gasteiger partial charge >= 0.3 is 6.18 Å². The summed E-state index contributed by atoms with van der Waals surface area (Å²) in [5, 5.41) is 3.14. The second-order valence-corrected chi connectivity index (χ2v) is 9.16. The normalized spacial score (nSPS) is 15.3. The Morgan fingerprint density at radius 3 is 2.60 bits per heavy atom. The van der Waals surface area contributed by atoms with Crippen molar-refractivity contribution < 1.29 is 13.2 Å². The molecule has 0 aliphatic carbocycles. The number of alkyl halides is 3. The minimum absolute atomic E-state index is 0.190. The van der Waals surface area contributed by atoms with E-state index in [1.165, 1.54) is 18.0 Å². The van der Waals surface area contributed by atoms with E-state index in [4.69, 9.17) is 4.98 Å². The standard InChI is InChI=1S/C21H22F3N5S/c1-20(2)9-19-28-17(11-29(19)12-20)15-8-14(30-25-3)5-6-16(15)27-18-7-4-13(10-26-18)21(22,23)24/h4-8,10-11,25H,9,12H2,1-3H3,(H,26,27). The second kappa shape index (κ2) is 7.63. The summed E-state index contributed by atoms with van der Waals surface area (Å²) in [5.41, 5.74) is 1.85. The fraction of sp³-hybridized carbons (Fsp3) is 0.333. The maximum absolute atomic E-state index is 12.8. The van der Waals surface area contributed by atoms with Crippen molar-refractivity contribution in [3.05, 3.63) is 54.1 Å². The highest BCUT2D eigenvalue weighted by atomic mass is 32.2. The number of fused-ring (bicyclic) bond motifs is 1. The molecule has 0 atom stereocenters. The van der Waals surface area contributed by atoms with E-state index in [2.05, 4.69) is 33.4 Å². The van der Waals surface area contributed by atoms with Gasteiger partial charge in [-0.3, -0.25) is 4.72 Å². The molecule has 158 valence electrons. The fourth-order valence-corrected chi connectivity index (χ4v) is 4.15. The maximum atomic E-state index is 12.8. The molecule has 2 aromatic heterocycles. The topological polar surface area (TPSA) is 54.8 Å². The van der Waals surface area contributed by atoms with E-state index in [-0.39, 0.29) is 5.41 Å². The van der Waals surface area contributed by atoms with Gasteiger partial charge in [-0.25, -0.2) is 9.97 Å². The van der Waals surface area contributed by atoms with Crippen LogP contribution in [0.3, 0.4) is 0 Å². The Labute approximate surface area is 177 Å². The molecule has 0 saturated carbocycles. The first-order chi connectivity index (χ1) is 14.1. The summed E-state index contributed by atoms with van der Waals surface area (Å²) in [6.45, 7) is 5.34. The summed E-state index contributed by atoms with van der Waals surface area (Å²) >= 11 is 1.48. The zero-order valence-electron chi connectivity index (χ0n) is 16.8. The number of pyridine rings is 1. The van der Waals surface area contributed by atoms with E-state index in [9.17, 15) is 13.2 Å². The predicted octanol–water partition coefficient (Wildman–Crippen LogP) is 5.52. The number of benzene rings is 1. The lowest BCUT2D eigenvalue weighted by atomic mass is 9.92. The quantitative estimate of drug-likeness (QED) is 0.519. The third-order valence-electron chi connectivity index (χ3n) is 4.93. The zero-order chi connectivity index (χ0) is 21.5. The third-order valence-corrected chi connectivity index (χ3v) is 5.63. The molecule has 30 heavy (non-hydrogen) atoms. The van der Waals surface area contributed by atoms with Crippen LogP contribution in [-0.4, -0.2) is 21.6 Å². The minimum Gasteiger partial charge on any atom is -0.340 e. The molecule has 0 bridgehead atoms. The van der Waals surface area contributed by atoms with E-state index in [1.54, 1.807) is 0 Å². The van der Waals surface area contributed by atoms with Gasteiger partial charge in [0.05, 0.1) is 11.3 Å². The first-order valence-electron chi connectivity index (χ1n) is 9.49. The number of nitrogens with one attached hydrogen (secondary N) is 2. The Bertz CT molecular complexity index is 1030. The summed E-state index contributed by atoms with van der Waals surface area (Å²) in [7, 11) is 1.84. The van der Waals surface area contributed by atoms with E-state index in [0.717, 1.165) is 52.9 Å². The summed E-state index contributed by atoms with van der Waals surface area (Å²) in [5.74, 6) is 1.38. The molecule has 4 rings (SSSR count). The van der Waals surface area contributed by atoms with Gasteiger partial charge in [-0.2, -0.15) is 13.2 Å². The number of anilines is 2. The van der Waals surface area contributed by atoms with Gasteiger partial charge in [0, 0.05) is 41.5 Å². The average Bonchev–Trinajstić information content (AvgIpc) is 3.16. The van der Waals surface area contributed by atoms with Crippen LogP contribution < -0.4 is 10.0 Å². The first-order valence-corrected chi connectivity index (χ1v) is 10.3. The van der Waals surface area contributed by atoms with E-state index < -0.39 is 11.7 Å². The van der Waals surface area contributed by atoms with E-state index >= 15 is 0 Å². The summed E-state index contributed by atoms with van der Waals surface area (Å²) in [6.07, 6.45) is -0.631. The lowest BCUT2D eigenvalue weighted by molar-refractivity contribution is -0.137. The zero-order valence-corrected chi connectivity index (χ0v) is 17.7. The van der Waals surface area contributed by atoms with Crippen LogP contribution in [0.4, 0.5) is 24.7 Å². The molecule has 5 nitrogen and oxygen atoms in total. The number of hydrogen-bond acceptors (Lipinski definition) is 5. The van der Waals surface area contributed by atoms with Crippen LogP contribution in [0, 0.1) is 5.41 Å². The highest BCUT2D eigenvalue weighted by molar-refractivity contribution is 7.97. The molecular formula is C21H22F3N5S. The largest absolute Gasteiger partial charge is 0.417 e. The van der Waals surface area contributed by atoms with Crippen LogP contribution in [0.5, 0.6) is 0 Å². The summed E-state index contributed by atoms with van der Waals surface area (Å²) in [4.78, 5) is 9.77. The smallest absolute Gasteiger partial charge is 0.340 e. The first kappa shape index (κ1) is 20.7. The third kappa shape index (κ3) is 4.32. The van der Waals surface area contributed by atoms with Gasteiger partial charge in [0.2, 0.25) is 0 Å². The van der Waals surface area contributed by atoms with Gasteiger partial charge in [0.15, 0.2) is 0 Å². The summed E-state index contributed by atoms with van der Waals surface area (Å²) < 4.78 is 43.6. The monoisotopic (exact) mass is 433 g/mol. The fourth-order valence-electron chi connectivity index (χ4n) is 3.61. The van der Waals surface area contributed by atoms with Crippen molar-refractivity contribution in [3.63, 3.8) is 0 Å². The molecule has 0 fully saturated rings. The highest BCUT2D eigenvalue weighted by Gasteiger charge is 2.31. The van der Waals surface area contributed by atoms with Crippen LogP contribution in [0.25, 0.3) is 11.3 Å². The average molecular weight is 434 g/mol. The van der Waals surface area contributed by atoms with Crippen molar-refractivity contribution in [1.29, 1.82) is 0 Å². The predicted molar refractivity (Wildman–Crippen MR) is 113 cm³/mol. The van der Waals surface area contributed by atoms with Crippen molar-refractivity contribution in [2.24, 2.45) is 5.41 Å². The second-order valence-electron chi connectivity index (χ2n) is 8.08. The van der Waals surface area contributed by atoms with Crippen molar-refractivity contribution >= 4 is 23.5 Å². The van der Waals surface area contributed by atoms with Crippen LogP contribution in [0.1, 0.15) is 25.2 Å². The number of rotatable bonds is 5. The molecular weight excluding hydrogens is 411 g/mol. The molecule has 9 heteroatoms. The Kier molecular flexibility index (Phi) is 5.27. The van der Waals surface area contributed by atoms with E-state index in [1.807, 2.05) is 31.4 Å². The molecule has 0 saturated heterocycles. The number of hydrogen-bond donors (Lipinski definition) is 2.